The van der Waals surface area contributed by atoms with E-state index in [1.807, 2.05) is 12.1 Å². The standard InChI is InChI=1S/C13H10BrCl2NO2S/c14-8-9-1-3-10(4-2-9)17-20(18,19)11-5-6-12(15)13(16)7-11/h1-7,17H,8H2. The van der Waals surface area contributed by atoms with Gasteiger partial charge in [0.05, 0.1) is 14.9 Å². The Morgan fingerprint density at radius 2 is 1.65 bits per heavy atom. The Bertz CT molecular complexity index is 718. The minimum absolute atomic E-state index is 0.0662. The predicted octanol–water partition coefficient (Wildman–Crippen LogP) is 4.69. The van der Waals surface area contributed by atoms with Crippen molar-refractivity contribution in [1.29, 1.82) is 0 Å². The molecule has 2 rings (SSSR count). The van der Waals surface area contributed by atoms with Crippen LogP contribution >= 0.6 is 39.1 Å². The molecular formula is C13H10BrCl2NO2S. The summed E-state index contributed by atoms with van der Waals surface area (Å²) in [5, 5.41) is 1.23. The van der Waals surface area contributed by atoms with Gasteiger partial charge in [-0.15, -0.1) is 0 Å². The Morgan fingerprint density at radius 3 is 2.20 bits per heavy atom. The molecule has 20 heavy (non-hydrogen) atoms. The zero-order valence-corrected chi connectivity index (χ0v) is 14.0. The quantitative estimate of drug-likeness (QED) is 0.764. The van der Waals surface area contributed by atoms with Gasteiger partial charge in [0.25, 0.3) is 10.0 Å². The Kier molecular flexibility index (Phi) is 4.96. The molecule has 0 saturated carbocycles. The van der Waals surface area contributed by atoms with Gasteiger partial charge in [0, 0.05) is 11.0 Å². The molecular weight excluding hydrogens is 385 g/mol. The van der Waals surface area contributed by atoms with Crippen LogP contribution in [0.15, 0.2) is 47.4 Å². The van der Waals surface area contributed by atoms with Gasteiger partial charge in [0.2, 0.25) is 0 Å². The fraction of sp³-hybridized carbons (Fsp3) is 0.0769. The first-order chi connectivity index (χ1) is 9.42. The maximum Gasteiger partial charge on any atom is 0.261 e. The van der Waals surface area contributed by atoms with Crippen molar-refractivity contribution in [3.05, 3.63) is 58.1 Å². The van der Waals surface area contributed by atoms with Gasteiger partial charge in [-0.3, -0.25) is 4.72 Å². The smallest absolute Gasteiger partial charge is 0.261 e. The first-order valence-electron chi connectivity index (χ1n) is 5.55. The van der Waals surface area contributed by atoms with Gasteiger partial charge in [0.15, 0.2) is 0 Å². The maximum absolute atomic E-state index is 12.2. The molecule has 0 radical (unpaired) electrons. The highest BCUT2D eigenvalue weighted by Gasteiger charge is 2.15. The second kappa shape index (κ2) is 6.35. The molecule has 0 aliphatic carbocycles. The summed E-state index contributed by atoms with van der Waals surface area (Å²) in [5.41, 5.74) is 1.54. The minimum Gasteiger partial charge on any atom is -0.280 e. The SMILES string of the molecule is O=S(=O)(Nc1ccc(CBr)cc1)c1ccc(Cl)c(Cl)c1. The number of rotatable bonds is 4. The van der Waals surface area contributed by atoms with Crippen LogP contribution in [0.1, 0.15) is 5.56 Å². The van der Waals surface area contributed by atoms with Gasteiger partial charge in [-0.05, 0) is 35.9 Å². The Labute approximate surface area is 136 Å². The maximum atomic E-state index is 12.2. The van der Waals surface area contributed by atoms with E-state index >= 15 is 0 Å². The Morgan fingerprint density at radius 1 is 1.00 bits per heavy atom. The molecule has 2 aromatic rings. The number of alkyl halides is 1. The third kappa shape index (κ3) is 3.67. The summed E-state index contributed by atoms with van der Waals surface area (Å²) < 4.78 is 26.9. The van der Waals surface area contributed by atoms with Crippen LogP contribution in [0.5, 0.6) is 0 Å². The molecule has 1 N–H and O–H groups in total. The lowest BCUT2D eigenvalue weighted by atomic mass is 10.2. The second-order valence-corrected chi connectivity index (χ2v) is 7.07. The molecule has 0 spiro atoms. The van der Waals surface area contributed by atoms with E-state index in [9.17, 15) is 8.42 Å². The molecule has 0 aliphatic heterocycles. The van der Waals surface area contributed by atoms with Crippen LogP contribution in [-0.2, 0) is 15.4 Å². The van der Waals surface area contributed by atoms with Gasteiger partial charge in [0.1, 0.15) is 0 Å². The third-order valence-corrected chi connectivity index (χ3v) is 5.33. The van der Waals surface area contributed by atoms with Crippen LogP contribution in [0.2, 0.25) is 10.0 Å². The molecule has 7 heteroatoms. The summed E-state index contributed by atoms with van der Waals surface area (Å²) in [7, 11) is -3.68. The van der Waals surface area contributed by atoms with Gasteiger partial charge < -0.3 is 0 Å². The number of nitrogens with one attached hydrogen (secondary N) is 1. The topological polar surface area (TPSA) is 46.2 Å². The van der Waals surface area contributed by atoms with E-state index < -0.39 is 10.0 Å². The molecule has 2 aromatic carbocycles. The summed E-state index contributed by atoms with van der Waals surface area (Å²) >= 11 is 14.9. The molecule has 0 heterocycles. The van der Waals surface area contributed by atoms with E-state index in [2.05, 4.69) is 20.7 Å². The molecule has 0 amide bonds. The lowest BCUT2D eigenvalue weighted by Gasteiger charge is -2.09. The minimum atomic E-state index is -3.68. The van der Waals surface area contributed by atoms with Gasteiger partial charge in [-0.2, -0.15) is 0 Å². The second-order valence-electron chi connectivity index (χ2n) is 4.01. The van der Waals surface area contributed by atoms with E-state index in [-0.39, 0.29) is 9.92 Å². The largest absolute Gasteiger partial charge is 0.280 e. The third-order valence-electron chi connectivity index (χ3n) is 2.56. The van der Waals surface area contributed by atoms with Crippen LogP contribution in [0, 0.1) is 0 Å². The van der Waals surface area contributed by atoms with Crippen molar-refractivity contribution in [1.82, 2.24) is 0 Å². The van der Waals surface area contributed by atoms with Crippen molar-refractivity contribution in [3.63, 3.8) is 0 Å². The average Bonchev–Trinajstić information content (AvgIpc) is 2.42. The summed E-state index contributed by atoms with van der Waals surface area (Å²) in [6.07, 6.45) is 0. The number of benzene rings is 2. The average molecular weight is 395 g/mol. The van der Waals surface area contributed by atoms with E-state index in [1.54, 1.807) is 12.1 Å². The fourth-order valence-electron chi connectivity index (χ4n) is 1.52. The summed E-state index contributed by atoms with van der Waals surface area (Å²) in [6.45, 7) is 0. The van der Waals surface area contributed by atoms with Crippen LogP contribution in [0.25, 0.3) is 0 Å². The molecule has 106 valence electrons. The molecule has 0 bridgehead atoms. The van der Waals surface area contributed by atoms with Gasteiger partial charge >= 0.3 is 0 Å². The van der Waals surface area contributed by atoms with Crippen LogP contribution in [0.4, 0.5) is 5.69 Å². The number of hydrogen-bond donors (Lipinski definition) is 1. The first kappa shape index (κ1) is 15.6. The zero-order valence-electron chi connectivity index (χ0n) is 10.1. The van der Waals surface area contributed by atoms with E-state index in [1.165, 1.54) is 18.2 Å². The number of anilines is 1. The molecule has 3 nitrogen and oxygen atoms in total. The van der Waals surface area contributed by atoms with Crippen molar-refractivity contribution < 1.29 is 8.42 Å². The normalized spacial score (nSPS) is 11.3. The number of halogens is 3. The molecule has 0 saturated heterocycles. The predicted molar refractivity (Wildman–Crippen MR) is 86.3 cm³/mol. The molecule has 0 aromatic heterocycles. The summed E-state index contributed by atoms with van der Waals surface area (Å²) in [6, 6.07) is 11.2. The van der Waals surface area contributed by atoms with Crippen molar-refractivity contribution in [2.24, 2.45) is 0 Å². The van der Waals surface area contributed by atoms with Crippen molar-refractivity contribution in [3.8, 4) is 0 Å². The van der Waals surface area contributed by atoms with Crippen LogP contribution < -0.4 is 4.72 Å². The zero-order chi connectivity index (χ0) is 14.8. The van der Waals surface area contributed by atoms with Crippen LogP contribution in [0.3, 0.4) is 0 Å². The highest BCUT2D eigenvalue weighted by Crippen LogP contribution is 2.26. The molecule has 0 unspecified atom stereocenters. The number of hydrogen-bond acceptors (Lipinski definition) is 2. The fourth-order valence-corrected chi connectivity index (χ4v) is 3.34. The lowest BCUT2D eigenvalue weighted by molar-refractivity contribution is 0.601. The van der Waals surface area contributed by atoms with Crippen molar-refractivity contribution in [2.45, 2.75) is 10.2 Å². The van der Waals surface area contributed by atoms with E-state index in [0.717, 1.165) is 5.56 Å². The number of sulfonamides is 1. The summed E-state index contributed by atoms with van der Waals surface area (Å²) in [4.78, 5) is 0.0662. The molecule has 0 aliphatic rings. The lowest BCUT2D eigenvalue weighted by Crippen LogP contribution is -2.12. The van der Waals surface area contributed by atoms with Gasteiger partial charge in [-0.25, -0.2) is 8.42 Å². The van der Waals surface area contributed by atoms with Crippen LogP contribution in [-0.4, -0.2) is 8.42 Å². The highest BCUT2D eigenvalue weighted by molar-refractivity contribution is 9.08. The highest BCUT2D eigenvalue weighted by atomic mass is 79.9. The van der Waals surface area contributed by atoms with Crippen molar-refractivity contribution in [2.75, 3.05) is 4.72 Å². The van der Waals surface area contributed by atoms with E-state index in [0.29, 0.717) is 16.0 Å². The van der Waals surface area contributed by atoms with E-state index in [4.69, 9.17) is 23.2 Å². The Balaban J connectivity index is 2.27. The Hall–Kier alpha value is -0.750. The summed E-state index contributed by atoms with van der Waals surface area (Å²) in [5.74, 6) is 0. The monoisotopic (exact) mass is 393 g/mol. The van der Waals surface area contributed by atoms with Crippen molar-refractivity contribution >= 4 is 54.8 Å². The first-order valence-corrected chi connectivity index (χ1v) is 8.91. The molecule has 0 fully saturated rings. The van der Waals surface area contributed by atoms with Gasteiger partial charge in [-0.1, -0.05) is 51.3 Å². The molecule has 0 atom stereocenters.